The molecule has 5 heteroatoms. The third kappa shape index (κ3) is 5.81. The van der Waals surface area contributed by atoms with E-state index in [1.165, 1.54) is 26.4 Å². The van der Waals surface area contributed by atoms with E-state index in [0.717, 1.165) is 25.9 Å². The molecule has 108 valence electrons. The van der Waals surface area contributed by atoms with Gasteiger partial charge >= 0.3 is 0 Å². The van der Waals surface area contributed by atoms with Crippen LogP contribution in [0.3, 0.4) is 0 Å². The molecular formula is C14H23NO4. The zero-order valence-electron chi connectivity index (χ0n) is 11.8. The monoisotopic (exact) mass is 269 g/mol. The van der Waals surface area contributed by atoms with E-state index in [2.05, 4.69) is 4.90 Å². The Morgan fingerprint density at radius 2 is 1.74 bits per heavy atom. The maximum Gasteiger partial charge on any atom is 0.126 e. The van der Waals surface area contributed by atoms with Gasteiger partial charge in [0.05, 0.1) is 20.3 Å². The van der Waals surface area contributed by atoms with E-state index >= 15 is 0 Å². The van der Waals surface area contributed by atoms with Gasteiger partial charge in [0.25, 0.3) is 0 Å². The molecule has 0 saturated carbocycles. The van der Waals surface area contributed by atoms with Crippen molar-refractivity contribution >= 4 is 0 Å². The van der Waals surface area contributed by atoms with Crippen LogP contribution in [0, 0.1) is 0 Å². The Hall–Kier alpha value is -1.46. The normalized spacial score (nSPS) is 19.3. The molecule has 0 bridgehead atoms. The van der Waals surface area contributed by atoms with E-state index in [1.807, 2.05) is 7.05 Å². The summed E-state index contributed by atoms with van der Waals surface area (Å²) in [7, 11) is 5.12. The minimum Gasteiger partial charge on any atom is -0.508 e. The molecule has 5 nitrogen and oxygen atoms in total. The quantitative estimate of drug-likeness (QED) is 0.851. The molecule has 0 spiro atoms. The Morgan fingerprint density at radius 3 is 2.11 bits per heavy atom. The van der Waals surface area contributed by atoms with Crippen molar-refractivity contribution in [2.24, 2.45) is 0 Å². The van der Waals surface area contributed by atoms with Crippen LogP contribution in [0.1, 0.15) is 12.8 Å². The fourth-order valence-electron chi connectivity index (χ4n) is 1.93. The van der Waals surface area contributed by atoms with Crippen LogP contribution in [0.2, 0.25) is 0 Å². The number of likely N-dealkylation sites (N-methyl/N-ethyl adjacent to an activating group) is 1. The number of phenols is 1. The van der Waals surface area contributed by atoms with Crippen LogP contribution in [0.25, 0.3) is 0 Å². The number of benzene rings is 1. The topological polar surface area (TPSA) is 62.2 Å². The number of nitrogens with zero attached hydrogens (tertiary/aromatic N) is 1. The summed E-state index contributed by atoms with van der Waals surface area (Å²) in [6.45, 7) is 2.01. The summed E-state index contributed by atoms with van der Waals surface area (Å²) in [5.74, 6) is 1.31. The number of β-amino-alcohol motifs (C(OH)–C–C–N with tert-alkyl or cyclic N) is 1. The number of methoxy groups -OCH3 is 2. The largest absolute Gasteiger partial charge is 0.508 e. The highest BCUT2D eigenvalue weighted by molar-refractivity contribution is 5.41. The Morgan fingerprint density at radius 1 is 1.16 bits per heavy atom. The number of hydrogen-bond donors (Lipinski definition) is 2. The van der Waals surface area contributed by atoms with Gasteiger partial charge in [-0.15, -0.1) is 0 Å². The van der Waals surface area contributed by atoms with Gasteiger partial charge in [-0.2, -0.15) is 0 Å². The van der Waals surface area contributed by atoms with Crippen LogP contribution in [0.5, 0.6) is 17.2 Å². The van der Waals surface area contributed by atoms with Gasteiger partial charge in [-0.25, -0.2) is 0 Å². The first-order valence-corrected chi connectivity index (χ1v) is 6.33. The van der Waals surface area contributed by atoms with Crippen molar-refractivity contribution < 1.29 is 19.7 Å². The summed E-state index contributed by atoms with van der Waals surface area (Å²) in [4.78, 5) is 2.16. The van der Waals surface area contributed by atoms with E-state index in [0.29, 0.717) is 11.5 Å². The maximum absolute atomic E-state index is 9.10. The molecule has 1 unspecified atom stereocenters. The lowest BCUT2D eigenvalue weighted by atomic mass is 10.1. The van der Waals surface area contributed by atoms with Crippen molar-refractivity contribution in [3.05, 3.63) is 18.2 Å². The molecule has 1 atom stereocenters. The van der Waals surface area contributed by atoms with Gasteiger partial charge in [0, 0.05) is 24.7 Å². The Bertz CT molecular complexity index is 353. The fraction of sp³-hybridized carbons (Fsp3) is 0.571. The Balaban J connectivity index is 0.000000200. The van der Waals surface area contributed by atoms with Gasteiger partial charge in [0.1, 0.15) is 17.2 Å². The number of piperidine rings is 1. The van der Waals surface area contributed by atoms with E-state index in [9.17, 15) is 0 Å². The van der Waals surface area contributed by atoms with E-state index in [-0.39, 0.29) is 11.9 Å². The molecule has 1 aliphatic heterocycles. The number of aliphatic hydroxyl groups is 1. The maximum atomic E-state index is 9.10. The number of ether oxygens (including phenoxy) is 2. The second-order valence-electron chi connectivity index (χ2n) is 4.63. The molecule has 19 heavy (non-hydrogen) atoms. The predicted octanol–water partition coefficient (Wildman–Crippen LogP) is 1.48. The molecule has 1 aromatic carbocycles. The first kappa shape index (κ1) is 15.6. The molecule has 2 rings (SSSR count). The molecule has 1 heterocycles. The van der Waals surface area contributed by atoms with Crippen molar-refractivity contribution in [2.75, 3.05) is 34.4 Å². The van der Waals surface area contributed by atoms with Gasteiger partial charge in [-0.1, -0.05) is 0 Å². The summed E-state index contributed by atoms with van der Waals surface area (Å²) >= 11 is 0. The van der Waals surface area contributed by atoms with Crippen LogP contribution >= 0.6 is 0 Å². The number of likely N-dealkylation sites (tertiary alicyclic amines) is 1. The van der Waals surface area contributed by atoms with Crippen LogP contribution in [-0.4, -0.2) is 55.6 Å². The summed E-state index contributed by atoms with van der Waals surface area (Å²) in [5.41, 5.74) is 0. The highest BCUT2D eigenvalue weighted by atomic mass is 16.5. The fourth-order valence-corrected chi connectivity index (χ4v) is 1.93. The van der Waals surface area contributed by atoms with E-state index in [1.54, 1.807) is 6.07 Å². The number of phenolic OH excluding ortho intramolecular Hbond substituents is 1. The smallest absolute Gasteiger partial charge is 0.126 e. The Labute approximate surface area is 114 Å². The lowest BCUT2D eigenvalue weighted by molar-refractivity contribution is 0.0846. The summed E-state index contributed by atoms with van der Waals surface area (Å²) in [6.07, 6.45) is 2.08. The SMILES string of the molecule is CN1CCCC(O)C1.COc1cc(O)cc(OC)c1. The summed E-state index contributed by atoms with van der Waals surface area (Å²) in [6, 6.07) is 4.73. The van der Waals surface area contributed by atoms with Crippen LogP contribution in [0.4, 0.5) is 0 Å². The second kappa shape index (κ2) is 7.86. The third-order valence-corrected chi connectivity index (χ3v) is 2.94. The molecule has 0 aromatic heterocycles. The lowest BCUT2D eigenvalue weighted by Crippen LogP contribution is -2.34. The number of hydrogen-bond acceptors (Lipinski definition) is 5. The molecule has 0 amide bonds. The first-order chi connectivity index (χ1) is 9.05. The standard InChI is InChI=1S/C8H10O3.C6H13NO/c1-10-7-3-6(9)4-8(5-7)11-2;1-7-4-2-3-6(8)5-7/h3-5,9H,1-2H3;6,8H,2-5H2,1H3. The molecule has 2 N–H and O–H groups in total. The Kier molecular flexibility index (Phi) is 6.45. The zero-order valence-corrected chi connectivity index (χ0v) is 11.8. The molecule has 1 aromatic rings. The second-order valence-corrected chi connectivity index (χ2v) is 4.63. The number of rotatable bonds is 2. The molecule has 1 saturated heterocycles. The zero-order chi connectivity index (χ0) is 14.3. The van der Waals surface area contributed by atoms with E-state index < -0.39 is 0 Å². The molecule has 1 aliphatic rings. The lowest BCUT2D eigenvalue weighted by Gasteiger charge is -2.25. The molecule has 0 aliphatic carbocycles. The van der Waals surface area contributed by atoms with Gasteiger partial charge in [-0.3, -0.25) is 0 Å². The summed E-state index contributed by atoms with van der Waals surface area (Å²) in [5, 5.41) is 18.1. The number of aliphatic hydroxyl groups excluding tert-OH is 1. The average molecular weight is 269 g/mol. The minimum absolute atomic E-state index is 0.0613. The van der Waals surface area contributed by atoms with E-state index in [4.69, 9.17) is 19.7 Å². The van der Waals surface area contributed by atoms with Crippen molar-refractivity contribution in [3.63, 3.8) is 0 Å². The van der Waals surface area contributed by atoms with Crippen LogP contribution < -0.4 is 9.47 Å². The van der Waals surface area contributed by atoms with Gasteiger partial charge in [0.2, 0.25) is 0 Å². The molecule has 1 fully saturated rings. The summed E-state index contributed by atoms with van der Waals surface area (Å²) < 4.78 is 9.80. The van der Waals surface area contributed by atoms with Crippen molar-refractivity contribution in [1.29, 1.82) is 0 Å². The van der Waals surface area contributed by atoms with Crippen molar-refractivity contribution in [3.8, 4) is 17.2 Å². The van der Waals surface area contributed by atoms with Gasteiger partial charge < -0.3 is 24.6 Å². The van der Waals surface area contributed by atoms with Crippen molar-refractivity contribution in [2.45, 2.75) is 18.9 Å². The van der Waals surface area contributed by atoms with Crippen LogP contribution in [0.15, 0.2) is 18.2 Å². The van der Waals surface area contributed by atoms with Crippen molar-refractivity contribution in [1.82, 2.24) is 4.90 Å². The van der Waals surface area contributed by atoms with Gasteiger partial charge in [0.15, 0.2) is 0 Å². The number of aromatic hydroxyl groups is 1. The average Bonchev–Trinajstić information content (AvgIpc) is 2.38. The molecule has 0 radical (unpaired) electrons. The minimum atomic E-state index is -0.0613. The first-order valence-electron chi connectivity index (χ1n) is 6.33. The van der Waals surface area contributed by atoms with Crippen LogP contribution in [-0.2, 0) is 0 Å². The predicted molar refractivity (Wildman–Crippen MR) is 73.9 cm³/mol. The molecular weight excluding hydrogens is 246 g/mol. The van der Waals surface area contributed by atoms with Gasteiger partial charge in [-0.05, 0) is 26.4 Å². The highest BCUT2D eigenvalue weighted by Crippen LogP contribution is 2.25. The highest BCUT2D eigenvalue weighted by Gasteiger charge is 2.12. The third-order valence-electron chi connectivity index (χ3n) is 2.94.